The largest absolute Gasteiger partial charge is 0.405 e. The quantitative estimate of drug-likeness (QED) is 0.318. The molecule has 0 fully saturated rings. The van der Waals surface area contributed by atoms with Crippen LogP contribution in [-0.4, -0.2) is 58.6 Å². The maximum absolute atomic E-state index is 12.3. The normalized spacial score (nSPS) is 11.5. The first-order valence-corrected chi connectivity index (χ1v) is 10.9. The van der Waals surface area contributed by atoms with Gasteiger partial charge in [0.15, 0.2) is 0 Å². The van der Waals surface area contributed by atoms with Gasteiger partial charge in [0.2, 0.25) is 5.13 Å². The summed E-state index contributed by atoms with van der Waals surface area (Å²) in [5.74, 6) is 0. The van der Waals surface area contributed by atoms with Gasteiger partial charge in [-0.1, -0.05) is 23.5 Å². The molecule has 0 atom stereocenters. The number of pyridine rings is 1. The zero-order valence-electron chi connectivity index (χ0n) is 17.9. The van der Waals surface area contributed by atoms with Crippen molar-refractivity contribution in [3.63, 3.8) is 0 Å². The van der Waals surface area contributed by atoms with Crippen LogP contribution in [0.2, 0.25) is 0 Å². The van der Waals surface area contributed by atoms with Crippen molar-refractivity contribution in [2.45, 2.75) is 6.18 Å². The molecule has 1 aromatic carbocycles. The number of carbonyl (C=O) groups is 1. The lowest BCUT2D eigenvalue weighted by Gasteiger charge is -2.10. The van der Waals surface area contributed by atoms with E-state index in [1.54, 1.807) is 36.8 Å². The predicted molar refractivity (Wildman–Crippen MR) is 123 cm³/mol. The van der Waals surface area contributed by atoms with E-state index in [4.69, 9.17) is 4.74 Å². The van der Waals surface area contributed by atoms with E-state index in [0.717, 1.165) is 21.8 Å². The second kappa shape index (κ2) is 10.1. The lowest BCUT2D eigenvalue weighted by molar-refractivity contribution is -0.122. The molecule has 3 aromatic heterocycles. The number of urea groups is 1. The van der Waals surface area contributed by atoms with Crippen LogP contribution in [0.15, 0.2) is 48.8 Å². The molecule has 4 rings (SSSR count). The minimum absolute atomic E-state index is 0.353. The summed E-state index contributed by atoms with van der Waals surface area (Å²) in [5.41, 5.74) is 3.37. The average molecular weight is 491 g/mol. The standard InChI is InChI=1S/C21H20F3N7O2S/c1-33-8-6-25-20-30-29-18(34-20)14-5-7-31-16(11-26-17(31)10-14)13-3-2-4-15(9-13)28-19(32)27-12-21(22,23)24/h2-5,7,9-11H,6,8,12H2,1H3,(H,25,30)(H2,27,28,32). The van der Waals surface area contributed by atoms with E-state index >= 15 is 0 Å². The molecule has 34 heavy (non-hydrogen) atoms. The Morgan fingerprint density at radius 2 is 2.03 bits per heavy atom. The van der Waals surface area contributed by atoms with Gasteiger partial charge in [0.05, 0.1) is 18.5 Å². The summed E-state index contributed by atoms with van der Waals surface area (Å²) < 4.78 is 43.7. The Balaban J connectivity index is 1.50. The second-order valence-electron chi connectivity index (χ2n) is 7.12. The lowest BCUT2D eigenvalue weighted by Crippen LogP contribution is -2.36. The van der Waals surface area contributed by atoms with Crippen molar-refractivity contribution < 1.29 is 22.7 Å². The van der Waals surface area contributed by atoms with Gasteiger partial charge in [0.1, 0.15) is 17.2 Å². The molecule has 0 aliphatic rings. The van der Waals surface area contributed by atoms with Crippen LogP contribution in [0.5, 0.6) is 0 Å². The molecule has 0 radical (unpaired) electrons. The molecule has 0 saturated carbocycles. The number of ether oxygens (including phenoxy) is 1. The number of hydrogen-bond donors (Lipinski definition) is 3. The van der Waals surface area contributed by atoms with Crippen LogP contribution in [-0.2, 0) is 4.74 Å². The fourth-order valence-corrected chi connectivity index (χ4v) is 3.88. The molecule has 0 spiro atoms. The number of nitrogens with one attached hydrogen (secondary N) is 3. The molecule has 0 unspecified atom stereocenters. The van der Waals surface area contributed by atoms with Gasteiger partial charge in [0.25, 0.3) is 0 Å². The highest BCUT2D eigenvalue weighted by Crippen LogP contribution is 2.29. The number of benzene rings is 1. The molecule has 9 nitrogen and oxygen atoms in total. The van der Waals surface area contributed by atoms with Gasteiger partial charge in [-0.2, -0.15) is 13.2 Å². The first-order chi connectivity index (χ1) is 16.3. The highest BCUT2D eigenvalue weighted by molar-refractivity contribution is 7.18. The summed E-state index contributed by atoms with van der Waals surface area (Å²) in [6, 6.07) is 9.60. The van der Waals surface area contributed by atoms with E-state index in [-0.39, 0.29) is 0 Å². The third-order valence-electron chi connectivity index (χ3n) is 4.63. The number of methoxy groups -OCH3 is 1. The third kappa shape index (κ3) is 5.80. The van der Waals surface area contributed by atoms with Crippen molar-refractivity contribution in [3.05, 3.63) is 48.8 Å². The van der Waals surface area contributed by atoms with E-state index in [9.17, 15) is 18.0 Å². The summed E-state index contributed by atoms with van der Waals surface area (Å²) >= 11 is 1.42. The highest BCUT2D eigenvalue weighted by atomic mass is 32.1. The summed E-state index contributed by atoms with van der Waals surface area (Å²) in [5, 5.41) is 17.1. The van der Waals surface area contributed by atoms with Gasteiger partial charge in [-0.25, -0.2) is 9.78 Å². The Morgan fingerprint density at radius 1 is 1.18 bits per heavy atom. The SMILES string of the molecule is COCCNc1nnc(-c2ccn3c(-c4cccc(NC(=O)NCC(F)(F)F)c4)cnc3c2)s1. The van der Waals surface area contributed by atoms with Crippen LogP contribution in [0, 0.1) is 0 Å². The number of amides is 2. The molecule has 4 aromatic rings. The van der Waals surface area contributed by atoms with Crippen molar-refractivity contribution in [2.24, 2.45) is 0 Å². The van der Waals surface area contributed by atoms with Crippen LogP contribution in [0.25, 0.3) is 27.5 Å². The maximum atomic E-state index is 12.3. The molecule has 0 saturated heterocycles. The van der Waals surface area contributed by atoms with Crippen molar-refractivity contribution in [1.29, 1.82) is 0 Å². The lowest BCUT2D eigenvalue weighted by atomic mass is 10.1. The summed E-state index contributed by atoms with van der Waals surface area (Å²) in [7, 11) is 1.63. The number of carbonyl (C=O) groups excluding carboxylic acids is 1. The summed E-state index contributed by atoms with van der Waals surface area (Å²) in [6.07, 6.45) is -0.951. The summed E-state index contributed by atoms with van der Waals surface area (Å²) in [4.78, 5) is 16.2. The number of aromatic nitrogens is 4. The molecule has 2 amide bonds. The number of hydrogen-bond acceptors (Lipinski definition) is 7. The topological polar surface area (TPSA) is 105 Å². The summed E-state index contributed by atoms with van der Waals surface area (Å²) in [6.45, 7) is -0.216. The minimum Gasteiger partial charge on any atom is -0.383 e. The molecular weight excluding hydrogens is 471 g/mol. The number of rotatable bonds is 8. The Bertz CT molecular complexity index is 1290. The van der Waals surface area contributed by atoms with Crippen LogP contribution in [0.1, 0.15) is 0 Å². The van der Waals surface area contributed by atoms with Gasteiger partial charge in [-0.15, -0.1) is 10.2 Å². The van der Waals surface area contributed by atoms with Crippen LogP contribution >= 0.6 is 11.3 Å². The van der Waals surface area contributed by atoms with Gasteiger partial charge >= 0.3 is 12.2 Å². The Labute approximate surface area is 196 Å². The van der Waals surface area contributed by atoms with Crippen LogP contribution in [0.3, 0.4) is 0 Å². The van der Waals surface area contributed by atoms with Gasteiger partial charge in [0, 0.05) is 36.7 Å². The number of imidazole rings is 1. The number of fused-ring (bicyclic) bond motifs is 1. The number of nitrogens with zero attached hydrogens (tertiary/aromatic N) is 4. The first-order valence-electron chi connectivity index (χ1n) is 10.1. The zero-order valence-corrected chi connectivity index (χ0v) is 18.7. The number of halogens is 3. The minimum atomic E-state index is -4.48. The molecule has 0 bridgehead atoms. The zero-order chi connectivity index (χ0) is 24.1. The molecular formula is C21H20F3N7O2S. The molecule has 0 aliphatic carbocycles. The molecule has 13 heteroatoms. The van der Waals surface area contributed by atoms with Crippen molar-refractivity contribution >= 4 is 33.8 Å². The van der Waals surface area contributed by atoms with Crippen LogP contribution in [0.4, 0.5) is 28.8 Å². The molecule has 3 N–H and O–H groups in total. The Hall–Kier alpha value is -3.71. The maximum Gasteiger partial charge on any atom is 0.405 e. The second-order valence-corrected chi connectivity index (χ2v) is 8.10. The fourth-order valence-electron chi connectivity index (χ4n) is 3.11. The first kappa shape index (κ1) is 23.4. The van der Waals surface area contributed by atoms with Crippen LogP contribution < -0.4 is 16.0 Å². The molecule has 0 aliphatic heterocycles. The van der Waals surface area contributed by atoms with Gasteiger partial charge in [-0.05, 0) is 24.3 Å². The fraction of sp³-hybridized carbons (Fsp3) is 0.238. The average Bonchev–Trinajstić information content (AvgIpc) is 3.44. The number of anilines is 2. The van der Waals surface area contributed by atoms with E-state index in [2.05, 4.69) is 25.8 Å². The Kier molecular flexibility index (Phi) is 6.93. The Morgan fingerprint density at radius 3 is 2.82 bits per heavy atom. The van der Waals surface area contributed by atoms with E-state index in [0.29, 0.717) is 29.6 Å². The van der Waals surface area contributed by atoms with Crippen molar-refractivity contribution in [2.75, 3.05) is 37.4 Å². The van der Waals surface area contributed by atoms with Gasteiger partial charge < -0.3 is 20.7 Å². The van der Waals surface area contributed by atoms with E-state index in [1.807, 2.05) is 28.8 Å². The molecule has 3 heterocycles. The van der Waals surface area contributed by atoms with E-state index < -0.39 is 18.8 Å². The van der Waals surface area contributed by atoms with Crippen molar-refractivity contribution in [1.82, 2.24) is 24.9 Å². The molecule has 178 valence electrons. The highest BCUT2D eigenvalue weighted by Gasteiger charge is 2.27. The van der Waals surface area contributed by atoms with Crippen molar-refractivity contribution in [3.8, 4) is 21.8 Å². The smallest absolute Gasteiger partial charge is 0.383 e. The van der Waals surface area contributed by atoms with E-state index in [1.165, 1.54) is 11.3 Å². The number of alkyl halides is 3. The van der Waals surface area contributed by atoms with Gasteiger partial charge in [-0.3, -0.25) is 4.40 Å². The third-order valence-corrected chi connectivity index (χ3v) is 5.56. The predicted octanol–water partition coefficient (Wildman–Crippen LogP) is 4.26. The monoisotopic (exact) mass is 491 g/mol.